The van der Waals surface area contributed by atoms with E-state index in [1.807, 2.05) is 18.2 Å². The predicted octanol–water partition coefficient (Wildman–Crippen LogP) is 4.61. The zero-order valence-electron chi connectivity index (χ0n) is 16.8. The topological polar surface area (TPSA) is 53.6 Å². The number of carbonyl (C=O) groups excluding carboxylic acids is 1. The van der Waals surface area contributed by atoms with E-state index in [9.17, 15) is 18.0 Å². The molecule has 1 aliphatic heterocycles. The summed E-state index contributed by atoms with van der Waals surface area (Å²) in [6, 6.07) is 15.3. The van der Waals surface area contributed by atoms with Crippen LogP contribution in [0.15, 0.2) is 54.6 Å². The first-order chi connectivity index (χ1) is 14.3. The zero-order chi connectivity index (χ0) is 21.6. The van der Waals surface area contributed by atoms with Gasteiger partial charge in [0.25, 0.3) is 0 Å². The molecular formula is C22H26F3N3O2. The molecule has 1 aliphatic rings. The van der Waals surface area contributed by atoms with E-state index >= 15 is 0 Å². The standard InChI is InChI=1S/C22H26F3N3O2/c1-16(18-7-9-20(10-8-18)30-22(23,24)25)26-21(29)27-19-11-13-28(14-12-19)15-17-5-3-2-4-6-17/h2-10,16,19H,11-15H2,1H3,(H2,26,27,29)/t16-/m0/s1. The predicted molar refractivity (Wildman–Crippen MR) is 108 cm³/mol. The van der Waals surface area contributed by atoms with Crippen molar-refractivity contribution in [3.8, 4) is 5.75 Å². The van der Waals surface area contributed by atoms with Gasteiger partial charge >= 0.3 is 12.4 Å². The van der Waals surface area contributed by atoms with Gasteiger partial charge in [0.1, 0.15) is 5.75 Å². The van der Waals surface area contributed by atoms with Gasteiger partial charge in [0.15, 0.2) is 0 Å². The molecule has 1 saturated heterocycles. The number of urea groups is 1. The van der Waals surface area contributed by atoms with E-state index in [0.29, 0.717) is 5.56 Å². The Balaban J connectivity index is 1.41. The van der Waals surface area contributed by atoms with E-state index in [1.54, 1.807) is 6.92 Å². The number of nitrogens with zero attached hydrogens (tertiary/aromatic N) is 1. The summed E-state index contributed by atoms with van der Waals surface area (Å²) in [5.74, 6) is -0.287. The van der Waals surface area contributed by atoms with Crippen molar-refractivity contribution in [2.24, 2.45) is 0 Å². The van der Waals surface area contributed by atoms with Crippen molar-refractivity contribution in [1.29, 1.82) is 0 Å². The van der Waals surface area contributed by atoms with Gasteiger partial charge in [0.2, 0.25) is 0 Å². The van der Waals surface area contributed by atoms with Crippen molar-refractivity contribution >= 4 is 6.03 Å². The van der Waals surface area contributed by atoms with Crippen LogP contribution in [0.1, 0.15) is 36.9 Å². The first-order valence-corrected chi connectivity index (χ1v) is 9.97. The number of alkyl halides is 3. The van der Waals surface area contributed by atoms with Crippen LogP contribution in [0.25, 0.3) is 0 Å². The molecule has 8 heteroatoms. The van der Waals surface area contributed by atoms with Crippen LogP contribution in [0.5, 0.6) is 5.75 Å². The Morgan fingerprint density at radius 1 is 1.10 bits per heavy atom. The highest BCUT2D eigenvalue weighted by atomic mass is 19.4. The minimum absolute atomic E-state index is 0.104. The van der Waals surface area contributed by atoms with Crippen molar-refractivity contribution in [1.82, 2.24) is 15.5 Å². The van der Waals surface area contributed by atoms with Crippen LogP contribution in [0.3, 0.4) is 0 Å². The quantitative estimate of drug-likeness (QED) is 0.716. The molecule has 30 heavy (non-hydrogen) atoms. The average Bonchev–Trinajstić information content (AvgIpc) is 2.69. The Morgan fingerprint density at radius 3 is 2.33 bits per heavy atom. The second-order valence-corrected chi connectivity index (χ2v) is 7.49. The number of amides is 2. The minimum Gasteiger partial charge on any atom is -0.406 e. The maximum atomic E-state index is 12.3. The summed E-state index contributed by atoms with van der Waals surface area (Å²) in [5.41, 5.74) is 1.97. The Kier molecular flexibility index (Phi) is 7.20. The second kappa shape index (κ2) is 9.84. The molecule has 0 bridgehead atoms. The SMILES string of the molecule is C[C@H](NC(=O)NC1CCN(Cc2ccccc2)CC1)c1ccc(OC(F)(F)F)cc1. The fourth-order valence-corrected chi connectivity index (χ4v) is 3.54. The molecule has 0 aliphatic carbocycles. The molecule has 1 heterocycles. The molecule has 1 atom stereocenters. The number of hydrogen-bond donors (Lipinski definition) is 2. The molecule has 0 aromatic heterocycles. The van der Waals surface area contributed by atoms with E-state index in [-0.39, 0.29) is 23.9 Å². The number of nitrogens with one attached hydrogen (secondary N) is 2. The average molecular weight is 421 g/mol. The van der Waals surface area contributed by atoms with Gasteiger partial charge in [-0.2, -0.15) is 0 Å². The van der Waals surface area contributed by atoms with Crippen molar-refractivity contribution in [3.05, 3.63) is 65.7 Å². The normalized spacial score (nSPS) is 16.7. The van der Waals surface area contributed by atoms with Crippen LogP contribution in [-0.2, 0) is 6.54 Å². The zero-order valence-corrected chi connectivity index (χ0v) is 16.8. The molecule has 0 saturated carbocycles. The lowest BCUT2D eigenvalue weighted by atomic mass is 10.0. The Morgan fingerprint density at radius 2 is 1.73 bits per heavy atom. The van der Waals surface area contributed by atoms with E-state index in [0.717, 1.165) is 32.5 Å². The van der Waals surface area contributed by atoms with E-state index in [2.05, 4.69) is 32.4 Å². The summed E-state index contributed by atoms with van der Waals surface area (Å²) in [4.78, 5) is 14.7. The smallest absolute Gasteiger partial charge is 0.406 e. The van der Waals surface area contributed by atoms with Crippen molar-refractivity contribution in [2.45, 2.75) is 44.8 Å². The monoisotopic (exact) mass is 421 g/mol. The lowest BCUT2D eigenvalue weighted by Crippen LogP contribution is -2.48. The van der Waals surface area contributed by atoms with Gasteiger partial charge in [0, 0.05) is 25.7 Å². The van der Waals surface area contributed by atoms with Crippen LogP contribution in [0, 0.1) is 0 Å². The third-order valence-electron chi connectivity index (χ3n) is 5.13. The minimum atomic E-state index is -4.72. The second-order valence-electron chi connectivity index (χ2n) is 7.49. The molecule has 0 spiro atoms. The van der Waals surface area contributed by atoms with Gasteiger partial charge in [-0.15, -0.1) is 13.2 Å². The molecule has 2 amide bonds. The molecule has 2 N–H and O–H groups in total. The van der Waals surface area contributed by atoms with Crippen LogP contribution in [-0.4, -0.2) is 36.4 Å². The summed E-state index contributed by atoms with van der Waals surface area (Å²) >= 11 is 0. The summed E-state index contributed by atoms with van der Waals surface area (Å²) in [6.45, 7) is 4.51. The Bertz CT molecular complexity index is 805. The lowest BCUT2D eigenvalue weighted by Gasteiger charge is -2.32. The van der Waals surface area contributed by atoms with Crippen molar-refractivity contribution < 1.29 is 22.7 Å². The van der Waals surface area contributed by atoms with Crippen LogP contribution < -0.4 is 15.4 Å². The summed E-state index contributed by atoms with van der Waals surface area (Å²) in [6.07, 6.45) is -2.97. The van der Waals surface area contributed by atoms with Crippen LogP contribution in [0.4, 0.5) is 18.0 Å². The molecule has 0 unspecified atom stereocenters. The largest absolute Gasteiger partial charge is 0.573 e. The van der Waals surface area contributed by atoms with Crippen molar-refractivity contribution in [3.63, 3.8) is 0 Å². The summed E-state index contributed by atoms with van der Waals surface area (Å²) in [5, 5.41) is 5.83. The highest BCUT2D eigenvalue weighted by Crippen LogP contribution is 2.24. The van der Waals surface area contributed by atoms with Crippen LogP contribution in [0.2, 0.25) is 0 Å². The molecular weight excluding hydrogens is 395 g/mol. The maximum absolute atomic E-state index is 12.3. The van der Waals surface area contributed by atoms with E-state index in [1.165, 1.54) is 29.8 Å². The summed E-state index contributed by atoms with van der Waals surface area (Å²) in [7, 11) is 0. The van der Waals surface area contributed by atoms with Gasteiger partial charge in [-0.1, -0.05) is 42.5 Å². The van der Waals surface area contributed by atoms with Gasteiger partial charge in [-0.25, -0.2) is 4.79 Å². The number of halogens is 3. The highest BCUT2D eigenvalue weighted by molar-refractivity contribution is 5.74. The van der Waals surface area contributed by atoms with Gasteiger partial charge in [-0.05, 0) is 43.0 Å². The molecule has 5 nitrogen and oxygen atoms in total. The van der Waals surface area contributed by atoms with Crippen LogP contribution >= 0.6 is 0 Å². The molecule has 162 valence electrons. The number of hydrogen-bond acceptors (Lipinski definition) is 3. The lowest BCUT2D eigenvalue weighted by molar-refractivity contribution is -0.274. The fraction of sp³-hybridized carbons (Fsp3) is 0.409. The Labute approximate surface area is 174 Å². The number of rotatable bonds is 6. The van der Waals surface area contributed by atoms with Crippen molar-refractivity contribution in [2.75, 3.05) is 13.1 Å². The highest BCUT2D eigenvalue weighted by Gasteiger charge is 2.31. The van der Waals surface area contributed by atoms with Gasteiger partial charge < -0.3 is 15.4 Å². The van der Waals surface area contributed by atoms with Gasteiger partial charge in [0.05, 0.1) is 6.04 Å². The number of benzene rings is 2. The first kappa shape index (κ1) is 22.0. The number of ether oxygens (including phenoxy) is 1. The number of carbonyl (C=O) groups is 1. The molecule has 0 radical (unpaired) electrons. The maximum Gasteiger partial charge on any atom is 0.573 e. The van der Waals surface area contributed by atoms with E-state index < -0.39 is 6.36 Å². The third kappa shape index (κ3) is 6.95. The fourth-order valence-electron chi connectivity index (χ4n) is 3.54. The molecule has 3 rings (SSSR count). The Hall–Kier alpha value is -2.74. The van der Waals surface area contributed by atoms with Gasteiger partial charge in [-0.3, -0.25) is 4.90 Å². The molecule has 2 aromatic rings. The summed E-state index contributed by atoms with van der Waals surface area (Å²) < 4.78 is 40.6. The number of likely N-dealkylation sites (tertiary alicyclic amines) is 1. The third-order valence-corrected chi connectivity index (χ3v) is 5.13. The molecule has 1 fully saturated rings. The van der Waals surface area contributed by atoms with E-state index in [4.69, 9.17) is 0 Å². The number of piperidine rings is 1. The molecule has 2 aromatic carbocycles. The first-order valence-electron chi connectivity index (χ1n) is 9.97.